The van der Waals surface area contributed by atoms with Crippen molar-refractivity contribution >= 4 is 27.6 Å². The topological polar surface area (TPSA) is 80.5 Å². The van der Waals surface area contributed by atoms with E-state index in [4.69, 9.17) is 9.26 Å². The van der Waals surface area contributed by atoms with Crippen LogP contribution >= 0.6 is 15.9 Å². The van der Waals surface area contributed by atoms with Gasteiger partial charge in [-0.1, -0.05) is 33.2 Å². The van der Waals surface area contributed by atoms with Crippen molar-refractivity contribution in [2.45, 2.75) is 25.8 Å². The number of carbonyl (C=O) groups is 1. The molecule has 0 spiro atoms. The third kappa shape index (κ3) is 4.27. The maximum atomic E-state index is 12.9. The maximum Gasteiger partial charge on any atom is 0.322 e. The minimum absolute atomic E-state index is 0.206. The summed E-state index contributed by atoms with van der Waals surface area (Å²) in [6, 6.07) is 14.6. The number of hydrogen-bond donors (Lipinski definition) is 1. The standard InChI is InChI=1S/C21H21BrN4O3/c1-2-28-18-8-4-3-6-16(18)23-21(27)26-13-5-7-17(26)20-24-19(25-29-20)14-9-11-15(22)12-10-14/h3-4,6,8-12,17H,2,5,7,13H2,1H3,(H,23,27). The van der Waals surface area contributed by atoms with Gasteiger partial charge in [-0.3, -0.25) is 0 Å². The van der Waals surface area contributed by atoms with E-state index in [1.54, 1.807) is 4.90 Å². The van der Waals surface area contributed by atoms with Crippen molar-refractivity contribution in [3.63, 3.8) is 0 Å². The second-order valence-electron chi connectivity index (χ2n) is 6.67. The Kier molecular flexibility index (Phi) is 5.80. The maximum absolute atomic E-state index is 12.9. The lowest BCUT2D eigenvalue weighted by Crippen LogP contribution is -2.34. The number of halogens is 1. The number of anilines is 1. The molecule has 1 atom stereocenters. The Hall–Kier alpha value is -2.87. The summed E-state index contributed by atoms with van der Waals surface area (Å²) in [7, 11) is 0. The van der Waals surface area contributed by atoms with Gasteiger partial charge >= 0.3 is 6.03 Å². The largest absolute Gasteiger partial charge is 0.492 e. The first-order valence-electron chi connectivity index (χ1n) is 9.54. The minimum atomic E-state index is -0.244. The van der Waals surface area contributed by atoms with Crippen molar-refractivity contribution in [3.8, 4) is 17.1 Å². The average Bonchev–Trinajstić information content (AvgIpc) is 3.39. The number of nitrogens with zero attached hydrogens (tertiary/aromatic N) is 3. The molecule has 3 aromatic rings. The van der Waals surface area contributed by atoms with Crippen molar-refractivity contribution < 1.29 is 14.1 Å². The monoisotopic (exact) mass is 456 g/mol. The van der Waals surface area contributed by atoms with Gasteiger partial charge in [0, 0.05) is 16.6 Å². The van der Waals surface area contributed by atoms with Crippen molar-refractivity contribution in [2.75, 3.05) is 18.5 Å². The molecule has 1 aliphatic rings. The van der Waals surface area contributed by atoms with E-state index in [1.165, 1.54) is 0 Å². The molecule has 7 nitrogen and oxygen atoms in total. The number of aromatic nitrogens is 2. The highest BCUT2D eigenvalue weighted by atomic mass is 79.9. The van der Waals surface area contributed by atoms with Crippen LogP contribution in [0.15, 0.2) is 57.5 Å². The van der Waals surface area contributed by atoms with Crippen LogP contribution in [-0.4, -0.2) is 34.2 Å². The summed E-state index contributed by atoms with van der Waals surface area (Å²) < 4.78 is 12.1. The Balaban J connectivity index is 1.51. The average molecular weight is 457 g/mol. The highest BCUT2D eigenvalue weighted by molar-refractivity contribution is 9.10. The third-order valence-corrected chi connectivity index (χ3v) is 5.30. The summed E-state index contributed by atoms with van der Waals surface area (Å²) >= 11 is 3.42. The van der Waals surface area contributed by atoms with Gasteiger partial charge in [0.1, 0.15) is 11.8 Å². The molecular formula is C21H21BrN4O3. The second kappa shape index (κ2) is 8.65. The van der Waals surface area contributed by atoms with E-state index in [0.717, 1.165) is 22.9 Å². The van der Waals surface area contributed by atoms with E-state index in [1.807, 2.05) is 55.5 Å². The van der Waals surface area contributed by atoms with Crippen LogP contribution < -0.4 is 10.1 Å². The number of para-hydroxylation sites is 2. The van der Waals surface area contributed by atoms with Gasteiger partial charge < -0.3 is 19.5 Å². The molecule has 8 heteroatoms. The number of nitrogens with one attached hydrogen (secondary N) is 1. The zero-order valence-corrected chi connectivity index (χ0v) is 17.6. The molecule has 2 amide bonds. The van der Waals surface area contributed by atoms with Crippen LogP contribution in [0, 0.1) is 0 Å². The predicted octanol–water partition coefficient (Wildman–Crippen LogP) is 5.27. The van der Waals surface area contributed by atoms with Gasteiger partial charge in [0.15, 0.2) is 0 Å². The quantitative estimate of drug-likeness (QED) is 0.565. The van der Waals surface area contributed by atoms with E-state index in [-0.39, 0.29) is 12.1 Å². The molecule has 29 heavy (non-hydrogen) atoms. The fourth-order valence-electron chi connectivity index (χ4n) is 3.39. The van der Waals surface area contributed by atoms with E-state index >= 15 is 0 Å². The molecule has 4 rings (SSSR count). The van der Waals surface area contributed by atoms with Crippen molar-refractivity contribution in [1.82, 2.24) is 15.0 Å². The lowest BCUT2D eigenvalue weighted by atomic mass is 10.2. The molecule has 1 aliphatic heterocycles. The van der Waals surface area contributed by atoms with E-state index in [9.17, 15) is 4.79 Å². The number of carbonyl (C=O) groups excluding carboxylic acids is 1. The van der Waals surface area contributed by atoms with E-state index in [0.29, 0.717) is 36.3 Å². The highest BCUT2D eigenvalue weighted by Gasteiger charge is 2.34. The summed E-state index contributed by atoms with van der Waals surface area (Å²) in [5.74, 6) is 1.62. The van der Waals surface area contributed by atoms with E-state index < -0.39 is 0 Å². The molecule has 0 bridgehead atoms. The van der Waals surface area contributed by atoms with Gasteiger partial charge in [0.25, 0.3) is 0 Å². The number of likely N-dealkylation sites (tertiary alicyclic amines) is 1. The highest BCUT2D eigenvalue weighted by Crippen LogP contribution is 2.33. The number of hydrogen-bond acceptors (Lipinski definition) is 5. The van der Waals surface area contributed by atoms with Gasteiger partial charge in [-0.2, -0.15) is 4.98 Å². The number of rotatable bonds is 5. The van der Waals surface area contributed by atoms with Gasteiger partial charge in [-0.05, 0) is 56.2 Å². The second-order valence-corrected chi connectivity index (χ2v) is 7.59. The summed E-state index contributed by atoms with van der Waals surface area (Å²) in [5, 5.41) is 7.05. The number of ether oxygens (including phenoxy) is 1. The van der Waals surface area contributed by atoms with Crippen molar-refractivity contribution in [3.05, 3.63) is 58.9 Å². The van der Waals surface area contributed by atoms with Crippen molar-refractivity contribution in [2.24, 2.45) is 0 Å². The molecule has 2 heterocycles. The molecule has 150 valence electrons. The normalized spacial score (nSPS) is 16.1. The van der Waals surface area contributed by atoms with E-state index in [2.05, 4.69) is 31.4 Å². The first-order chi connectivity index (χ1) is 14.2. The predicted molar refractivity (Wildman–Crippen MR) is 113 cm³/mol. The number of amides is 2. The Bertz CT molecular complexity index is 990. The molecular weight excluding hydrogens is 436 g/mol. The Morgan fingerprint density at radius 2 is 2.07 bits per heavy atom. The molecule has 0 aliphatic carbocycles. The zero-order valence-electron chi connectivity index (χ0n) is 16.0. The third-order valence-electron chi connectivity index (χ3n) is 4.77. The van der Waals surface area contributed by atoms with Gasteiger partial charge in [0.05, 0.1) is 12.3 Å². The molecule has 1 aromatic heterocycles. The lowest BCUT2D eigenvalue weighted by molar-refractivity contribution is 0.193. The van der Waals surface area contributed by atoms with Crippen LogP contribution in [0.2, 0.25) is 0 Å². The molecule has 1 saturated heterocycles. The number of urea groups is 1. The fraction of sp³-hybridized carbons (Fsp3) is 0.286. The molecule has 1 unspecified atom stereocenters. The number of benzene rings is 2. The zero-order chi connectivity index (χ0) is 20.2. The Labute approximate surface area is 177 Å². The van der Waals surface area contributed by atoms with Gasteiger partial charge in [-0.25, -0.2) is 4.79 Å². The summed E-state index contributed by atoms with van der Waals surface area (Å²) in [6.07, 6.45) is 1.66. The lowest BCUT2D eigenvalue weighted by Gasteiger charge is -2.23. The van der Waals surface area contributed by atoms with Crippen LogP contribution in [0.25, 0.3) is 11.4 Å². The smallest absolute Gasteiger partial charge is 0.322 e. The summed E-state index contributed by atoms with van der Waals surface area (Å²) in [5.41, 5.74) is 1.51. The van der Waals surface area contributed by atoms with Gasteiger partial charge in [-0.15, -0.1) is 0 Å². The molecule has 2 aromatic carbocycles. The Morgan fingerprint density at radius 1 is 1.28 bits per heavy atom. The van der Waals surface area contributed by atoms with Crippen LogP contribution in [0.4, 0.5) is 10.5 Å². The molecule has 0 saturated carbocycles. The molecule has 1 N–H and O–H groups in total. The van der Waals surface area contributed by atoms with Crippen LogP contribution in [0.3, 0.4) is 0 Å². The minimum Gasteiger partial charge on any atom is -0.492 e. The van der Waals surface area contributed by atoms with Crippen LogP contribution in [0.5, 0.6) is 5.75 Å². The van der Waals surface area contributed by atoms with Crippen LogP contribution in [0.1, 0.15) is 31.7 Å². The van der Waals surface area contributed by atoms with Crippen LogP contribution in [-0.2, 0) is 0 Å². The molecule has 1 fully saturated rings. The molecule has 0 radical (unpaired) electrons. The fourth-order valence-corrected chi connectivity index (χ4v) is 3.66. The van der Waals surface area contributed by atoms with Gasteiger partial charge in [0.2, 0.25) is 11.7 Å². The van der Waals surface area contributed by atoms with Crippen molar-refractivity contribution in [1.29, 1.82) is 0 Å². The summed E-state index contributed by atoms with van der Waals surface area (Å²) in [6.45, 7) is 3.07. The Morgan fingerprint density at radius 3 is 2.86 bits per heavy atom. The first-order valence-corrected chi connectivity index (χ1v) is 10.3. The SMILES string of the molecule is CCOc1ccccc1NC(=O)N1CCCC1c1nc(-c2ccc(Br)cc2)no1. The first kappa shape index (κ1) is 19.4. The summed E-state index contributed by atoms with van der Waals surface area (Å²) in [4.78, 5) is 19.2.